The van der Waals surface area contributed by atoms with E-state index in [-0.39, 0.29) is 18.9 Å². The van der Waals surface area contributed by atoms with Crippen LogP contribution in [-0.4, -0.2) is 31.7 Å². The predicted molar refractivity (Wildman–Crippen MR) is 51.3 cm³/mol. The van der Waals surface area contributed by atoms with Gasteiger partial charge in [-0.2, -0.15) is 18.4 Å². The highest BCUT2D eigenvalue weighted by Gasteiger charge is 2.39. The van der Waals surface area contributed by atoms with Gasteiger partial charge >= 0.3 is 6.18 Å². The summed E-state index contributed by atoms with van der Waals surface area (Å²) in [5.74, 6) is -2.25. The third-order valence-electron chi connectivity index (χ3n) is 1.80. The fourth-order valence-corrected chi connectivity index (χ4v) is 0.968. The minimum atomic E-state index is -4.52. The molecule has 0 rings (SSSR count). The normalized spacial score (nSPS) is 12.9. The fourth-order valence-electron chi connectivity index (χ4n) is 0.968. The van der Waals surface area contributed by atoms with Crippen LogP contribution in [-0.2, 0) is 4.79 Å². The molecule has 0 aromatic rings. The number of halogens is 3. The van der Waals surface area contributed by atoms with Crippen molar-refractivity contribution < 1.29 is 18.0 Å². The smallest absolute Gasteiger partial charge is 0.356 e. The molecule has 1 unspecified atom stereocenters. The van der Waals surface area contributed by atoms with Crippen molar-refractivity contribution in [2.24, 2.45) is 5.92 Å². The molecule has 0 fully saturated rings. The van der Waals surface area contributed by atoms with E-state index in [2.05, 4.69) is 10.6 Å². The van der Waals surface area contributed by atoms with Gasteiger partial charge in [-0.1, -0.05) is 0 Å². The molecule has 1 amide bonds. The standard InChI is InChI=1S/C9H14F3N3O/c1-2-15-8(16)3-4-14-6-7(5-13)9(10,11)12/h7,14H,2-4,6H2,1H3,(H,15,16). The molecule has 7 heteroatoms. The Morgan fingerprint density at radius 1 is 1.50 bits per heavy atom. The summed E-state index contributed by atoms with van der Waals surface area (Å²) < 4.78 is 36.3. The number of nitrogens with one attached hydrogen (secondary N) is 2. The molecule has 0 saturated heterocycles. The van der Waals surface area contributed by atoms with Gasteiger partial charge in [0.15, 0.2) is 5.92 Å². The first-order valence-electron chi connectivity index (χ1n) is 4.85. The SMILES string of the molecule is CCNC(=O)CCNCC(C#N)C(F)(F)F. The third kappa shape index (κ3) is 6.24. The van der Waals surface area contributed by atoms with Crippen molar-refractivity contribution >= 4 is 5.91 Å². The summed E-state index contributed by atoms with van der Waals surface area (Å²) >= 11 is 0. The van der Waals surface area contributed by atoms with Crippen molar-refractivity contribution in [1.29, 1.82) is 5.26 Å². The van der Waals surface area contributed by atoms with Crippen LogP contribution in [0.3, 0.4) is 0 Å². The Morgan fingerprint density at radius 3 is 2.56 bits per heavy atom. The number of carbonyl (C=O) groups excluding carboxylic acids is 1. The van der Waals surface area contributed by atoms with E-state index in [1.54, 1.807) is 6.92 Å². The van der Waals surface area contributed by atoms with E-state index in [4.69, 9.17) is 5.26 Å². The van der Waals surface area contributed by atoms with Crippen molar-refractivity contribution in [2.75, 3.05) is 19.6 Å². The summed E-state index contributed by atoms with van der Waals surface area (Å²) in [5, 5.41) is 13.2. The quantitative estimate of drug-likeness (QED) is 0.672. The number of alkyl halides is 3. The monoisotopic (exact) mass is 237 g/mol. The first-order valence-corrected chi connectivity index (χ1v) is 4.85. The Balaban J connectivity index is 3.74. The highest BCUT2D eigenvalue weighted by Crippen LogP contribution is 2.24. The summed E-state index contributed by atoms with van der Waals surface area (Å²) in [5.41, 5.74) is 0. The average molecular weight is 237 g/mol. The third-order valence-corrected chi connectivity index (χ3v) is 1.80. The molecule has 0 aliphatic heterocycles. The highest BCUT2D eigenvalue weighted by atomic mass is 19.4. The zero-order valence-electron chi connectivity index (χ0n) is 8.90. The summed E-state index contributed by atoms with van der Waals surface area (Å²) in [6.45, 7) is 1.88. The van der Waals surface area contributed by atoms with E-state index >= 15 is 0 Å². The molecule has 0 aliphatic rings. The van der Waals surface area contributed by atoms with E-state index in [9.17, 15) is 18.0 Å². The second-order valence-electron chi connectivity index (χ2n) is 3.13. The summed E-state index contributed by atoms with van der Waals surface area (Å²) in [6, 6.07) is 1.17. The van der Waals surface area contributed by atoms with Gasteiger partial charge in [0, 0.05) is 26.1 Å². The number of nitriles is 1. The molecule has 4 nitrogen and oxygen atoms in total. The summed E-state index contributed by atoms with van der Waals surface area (Å²) in [4.78, 5) is 10.9. The lowest BCUT2D eigenvalue weighted by Crippen LogP contribution is -2.34. The molecule has 0 aromatic heterocycles. The Hall–Kier alpha value is -1.29. The fraction of sp³-hybridized carbons (Fsp3) is 0.778. The Morgan fingerprint density at radius 2 is 2.12 bits per heavy atom. The van der Waals surface area contributed by atoms with Gasteiger partial charge in [0.2, 0.25) is 5.91 Å². The summed E-state index contributed by atoms with van der Waals surface area (Å²) in [7, 11) is 0. The maximum absolute atomic E-state index is 12.1. The van der Waals surface area contributed by atoms with Crippen LogP contribution in [0.5, 0.6) is 0 Å². The van der Waals surface area contributed by atoms with Crippen LogP contribution in [0.4, 0.5) is 13.2 Å². The highest BCUT2D eigenvalue weighted by molar-refractivity contribution is 5.75. The predicted octanol–water partition coefficient (Wildman–Crippen LogP) is 0.804. The second kappa shape index (κ2) is 7.06. The van der Waals surface area contributed by atoms with E-state index < -0.39 is 18.6 Å². The van der Waals surface area contributed by atoms with E-state index in [1.807, 2.05) is 0 Å². The molecule has 16 heavy (non-hydrogen) atoms. The van der Waals surface area contributed by atoms with Crippen LogP contribution in [0.25, 0.3) is 0 Å². The van der Waals surface area contributed by atoms with Crippen molar-refractivity contribution in [3.63, 3.8) is 0 Å². The molecule has 92 valence electrons. The molecule has 0 bridgehead atoms. The van der Waals surface area contributed by atoms with Gasteiger partial charge in [0.25, 0.3) is 0 Å². The molecule has 0 spiro atoms. The van der Waals surface area contributed by atoms with E-state index in [0.29, 0.717) is 6.54 Å². The Kier molecular flexibility index (Phi) is 6.49. The maximum Gasteiger partial charge on any atom is 0.405 e. The molecule has 0 radical (unpaired) electrons. The van der Waals surface area contributed by atoms with Gasteiger partial charge < -0.3 is 10.6 Å². The van der Waals surface area contributed by atoms with E-state index in [0.717, 1.165) is 0 Å². The van der Waals surface area contributed by atoms with Gasteiger partial charge in [-0.3, -0.25) is 4.79 Å². The van der Waals surface area contributed by atoms with Crippen molar-refractivity contribution in [3.05, 3.63) is 0 Å². The lowest BCUT2D eigenvalue weighted by Gasteiger charge is -2.13. The first-order chi connectivity index (χ1) is 7.41. The molecule has 2 N–H and O–H groups in total. The number of carbonyl (C=O) groups is 1. The van der Waals surface area contributed by atoms with Crippen LogP contribution in [0.15, 0.2) is 0 Å². The van der Waals surface area contributed by atoms with Gasteiger partial charge in [-0.05, 0) is 6.92 Å². The number of amides is 1. The molecule has 0 aliphatic carbocycles. The molecule has 1 atom stereocenters. The first kappa shape index (κ1) is 14.7. The lowest BCUT2D eigenvalue weighted by atomic mass is 10.1. The topological polar surface area (TPSA) is 64.9 Å². The number of rotatable bonds is 6. The van der Waals surface area contributed by atoms with E-state index in [1.165, 1.54) is 6.07 Å². The molecule has 0 saturated carbocycles. The zero-order valence-corrected chi connectivity index (χ0v) is 8.90. The largest absolute Gasteiger partial charge is 0.405 e. The van der Waals surface area contributed by atoms with Crippen molar-refractivity contribution in [1.82, 2.24) is 10.6 Å². The second-order valence-corrected chi connectivity index (χ2v) is 3.13. The minimum absolute atomic E-state index is 0.101. The minimum Gasteiger partial charge on any atom is -0.356 e. The molecule has 0 aromatic carbocycles. The summed E-state index contributed by atoms with van der Waals surface area (Å²) in [6.07, 6.45) is -4.42. The van der Waals surface area contributed by atoms with Crippen LogP contribution in [0.2, 0.25) is 0 Å². The van der Waals surface area contributed by atoms with Crippen LogP contribution >= 0.6 is 0 Å². The van der Waals surface area contributed by atoms with Gasteiger partial charge in [-0.15, -0.1) is 0 Å². The van der Waals surface area contributed by atoms with Gasteiger partial charge in [-0.25, -0.2) is 0 Å². The number of hydrogen-bond acceptors (Lipinski definition) is 3. The van der Waals surface area contributed by atoms with Crippen molar-refractivity contribution in [2.45, 2.75) is 19.5 Å². The van der Waals surface area contributed by atoms with Crippen LogP contribution in [0, 0.1) is 17.2 Å². The Bertz CT molecular complexity index is 260. The molecular formula is C9H14F3N3O. The van der Waals surface area contributed by atoms with Crippen molar-refractivity contribution in [3.8, 4) is 6.07 Å². The number of nitrogens with zero attached hydrogens (tertiary/aromatic N) is 1. The lowest BCUT2D eigenvalue weighted by molar-refractivity contribution is -0.157. The van der Waals surface area contributed by atoms with Crippen LogP contribution < -0.4 is 10.6 Å². The zero-order chi connectivity index (χ0) is 12.6. The molecular weight excluding hydrogens is 223 g/mol. The van der Waals surface area contributed by atoms with Gasteiger partial charge in [0.1, 0.15) is 0 Å². The van der Waals surface area contributed by atoms with Crippen LogP contribution in [0.1, 0.15) is 13.3 Å². The van der Waals surface area contributed by atoms with Gasteiger partial charge in [0.05, 0.1) is 6.07 Å². The average Bonchev–Trinajstić information content (AvgIpc) is 2.16. The Labute approximate surface area is 91.8 Å². The maximum atomic E-state index is 12.1. The molecule has 0 heterocycles. The number of hydrogen-bond donors (Lipinski definition) is 2.